The minimum Gasteiger partial charge on any atom is -0.393 e. The van der Waals surface area contributed by atoms with Crippen LogP contribution in [0.15, 0.2) is 11.6 Å². The van der Waals surface area contributed by atoms with Crippen LogP contribution in [0.25, 0.3) is 0 Å². The molecule has 25 heavy (non-hydrogen) atoms. The molecule has 2 nitrogen and oxygen atoms in total. The van der Waals surface area contributed by atoms with Gasteiger partial charge in [0.2, 0.25) is 0 Å². The molecule has 140 valence electrons. The summed E-state index contributed by atoms with van der Waals surface area (Å²) >= 11 is 0. The van der Waals surface area contributed by atoms with Gasteiger partial charge in [0.15, 0.2) is 0 Å². The number of rotatable bonds is 1. The fourth-order valence-electron chi connectivity index (χ4n) is 7.97. The minimum atomic E-state index is -0.156. The van der Waals surface area contributed by atoms with Crippen LogP contribution < -0.4 is 0 Å². The van der Waals surface area contributed by atoms with E-state index in [4.69, 9.17) is 0 Å². The van der Waals surface area contributed by atoms with Crippen LogP contribution in [0.2, 0.25) is 0 Å². The molecule has 3 fully saturated rings. The lowest BCUT2D eigenvalue weighted by Gasteiger charge is -2.59. The third-order valence-electron chi connectivity index (χ3n) is 9.98. The van der Waals surface area contributed by atoms with Gasteiger partial charge in [0.25, 0.3) is 0 Å². The molecule has 0 heterocycles. The van der Waals surface area contributed by atoms with Crippen LogP contribution in [0.4, 0.5) is 0 Å². The second-order valence-corrected chi connectivity index (χ2v) is 10.5. The van der Waals surface area contributed by atoms with Gasteiger partial charge >= 0.3 is 0 Å². The first-order valence-electron chi connectivity index (χ1n) is 10.5. The monoisotopic (exact) mass is 344 g/mol. The van der Waals surface area contributed by atoms with E-state index in [0.717, 1.165) is 31.1 Å². The van der Waals surface area contributed by atoms with E-state index in [-0.39, 0.29) is 16.9 Å². The quantitative estimate of drug-likeness (QED) is 0.668. The van der Waals surface area contributed by atoms with Crippen molar-refractivity contribution < 1.29 is 9.90 Å². The van der Waals surface area contributed by atoms with Crippen LogP contribution in [0.3, 0.4) is 0 Å². The van der Waals surface area contributed by atoms with Crippen molar-refractivity contribution in [2.75, 3.05) is 0 Å². The van der Waals surface area contributed by atoms with Crippen molar-refractivity contribution in [2.24, 2.45) is 39.9 Å². The zero-order valence-electron chi connectivity index (χ0n) is 16.8. The van der Waals surface area contributed by atoms with Gasteiger partial charge in [0, 0.05) is 5.41 Å². The molecular formula is C23H36O2. The second kappa shape index (κ2) is 5.44. The van der Waals surface area contributed by atoms with Crippen LogP contribution in [0.5, 0.6) is 0 Å². The van der Waals surface area contributed by atoms with E-state index in [9.17, 15) is 9.90 Å². The third-order valence-corrected chi connectivity index (χ3v) is 9.98. The molecule has 0 saturated heterocycles. The van der Waals surface area contributed by atoms with Crippen molar-refractivity contribution in [3.8, 4) is 0 Å². The topological polar surface area (TPSA) is 37.3 Å². The van der Waals surface area contributed by atoms with Gasteiger partial charge in [-0.05, 0) is 86.4 Å². The molecule has 2 heteroatoms. The highest BCUT2D eigenvalue weighted by Gasteiger charge is 2.66. The van der Waals surface area contributed by atoms with Crippen LogP contribution >= 0.6 is 0 Å². The molecule has 0 bridgehead atoms. The van der Waals surface area contributed by atoms with Crippen molar-refractivity contribution in [3.63, 3.8) is 0 Å². The maximum Gasteiger partial charge on any atom is 0.136 e. The van der Waals surface area contributed by atoms with Crippen LogP contribution in [-0.4, -0.2) is 17.0 Å². The van der Waals surface area contributed by atoms with Crippen molar-refractivity contribution in [1.29, 1.82) is 0 Å². The Morgan fingerprint density at radius 3 is 2.56 bits per heavy atom. The zero-order valence-corrected chi connectivity index (χ0v) is 16.8. The number of aliphatic hydroxyl groups is 1. The van der Waals surface area contributed by atoms with Crippen LogP contribution in [0, 0.1) is 39.9 Å². The Hall–Kier alpha value is -0.630. The van der Waals surface area contributed by atoms with E-state index < -0.39 is 0 Å². The van der Waals surface area contributed by atoms with Gasteiger partial charge in [0.05, 0.1) is 6.10 Å². The van der Waals surface area contributed by atoms with E-state index in [0.29, 0.717) is 23.0 Å². The first-order valence-corrected chi connectivity index (χ1v) is 10.5. The molecule has 0 unspecified atom stereocenters. The number of ketones is 1. The highest BCUT2D eigenvalue weighted by molar-refractivity contribution is 5.83. The second-order valence-electron chi connectivity index (χ2n) is 10.5. The Morgan fingerprint density at radius 1 is 1.16 bits per heavy atom. The third kappa shape index (κ3) is 2.10. The standard InChI is InChI=1S/C23H36O2/c1-14-12-20-18-7-6-16-13-17(25)8-10-21(16,3)19(18)9-11-22(20,4)23(14,5)15(2)24/h6,14,17-20,25H,7-13H2,1-5H3/t14-,17+,18-,19-,20-,21+,22+,23-/m1/s1. The number of aliphatic hydroxyl groups excluding tert-OH is 1. The summed E-state index contributed by atoms with van der Waals surface area (Å²) in [6.07, 6.45) is 10.2. The summed E-state index contributed by atoms with van der Waals surface area (Å²) in [5, 5.41) is 10.1. The molecule has 4 rings (SSSR count). The molecule has 0 radical (unpaired) electrons. The Balaban J connectivity index is 1.72. The summed E-state index contributed by atoms with van der Waals surface area (Å²) < 4.78 is 0. The summed E-state index contributed by atoms with van der Waals surface area (Å²) in [6, 6.07) is 0. The van der Waals surface area contributed by atoms with Gasteiger partial charge in [-0.25, -0.2) is 0 Å². The normalized spacial score (nSPS) is 55.0. The lowest BCUT2D eigenvalue weighted by Crippen LogP contribution is -2.53. The SMILES string of the molecule is CC(=O)[C@@]1(C)[C@H](C)C[C@@H]2[C@@H]3CC=C4C[C@@H](O)CC[C@]4(C)[C@@H]3CC[C@@]21C. The lowest BCUT2D eigenvalue weighted by atomic mass is 9.45. The number of carbonyl (C=O) groups is 1. The van der Waals surface area contributed by atoms with Gasteiger partial charge in [0.1, 0.15) is 5.78 Å². The average molecular weight is 345 g/mol. The highest BCUT2D eigenvalue weighted by Crippen LogP contribution is 2.71. The lowest BCUT2D eigenvalue weighted by molar-refractivity contribution is -0.140. The molecule has 4 aliphatic rings. The molecule has 0 aromatic carbocycles. The van der Waals surface area contributed by atoms with E-state index in [1.165, 1.54) is 31.3 Å². The zero-order chi connectivity index (χ0) is 18.2. The van der Waals surface area contributed by atoms with Gasteiger partial charge < -0.3 is 5.11 Å². The van der Waals surface area contributed by atoms with Crippen LogP contribution in [-0.2, 0) is 4.79 Å². The number of allylic oxidation sites excluding steroid dienone is 1. The summed E-state index contributed by atoms with van der Waals surface area (Å²) in [5.41, 5.74) is 1.84. The molecule has 8 atom stereocenters. The number of fused-ring (bicyclic) bond motifs is 5. The first kappa shape index (κ1) is 17.8. The fraction of sp³-hybridized carbons (Fsp3) is 0.870. The van der Waals surface area contributed by atoms with Crippen LogP contribution in [0.1, 0.15) is 79.6 Å². The molecule has 0 aromatic heterocycles. The molecule has 0 amide bonds. The summed E-state index contributed by atoms with van der Waals surface area (Å²) in [5.74, 6) is 3.05. The van der Waals surface area contributed by atoms with Crippen molar-refractivity contribution in [1.82, 2.24) is 0 Å². The molecule has 4 aliphatic carbocycles. The molecular weight excluding hydrogens is 308 g/mol. The number of carbonyl (C=O) groups excluding carboxylic acids is 1. The smallest absolute Gasteiger partial charge is 0.136 e. The molecule has 0 spiro atoms. The Bertz CT molecular complexity index is 622. The molecule has 3 saturated carbocycles. The van der Waals surface area contributed by atoms with E-state index in [2.05, 4.69) is 33.8 Å². The summed E-state index contributed by atoms with van der Waals surface area (Å²) in [6.45, 7) is 11.3. The highest BCUT2D eigenvalue weighted by atomic mass is 16.3. The Labute approximate surface area is 153 Å². The summed E-state index contributed by atoms with van der Waals surface area (Å²) in [4.78, 5) is 12.7. The van der Waals surface area contributed by atoms with Crippen molar-refractivity contribution in [2.45, 2.75) is 85.7 Å². The van der Waals surface area contributed by atoms with Gasteiger partial charge in [-0.15, -0.1) is 0 Å². The number of hydrogen-bond donors (Lipinski definition) is 1. The summed E-state index contributed by atoms with van der Waals surface area (Å²) in [7, 11) is 0. The Kier molecular flexibility index (Phi) is 3.87. The van der Waals surface area contributed by atoms with Crippen molar-refractivity contribution >= 4 is 5.78 Å². The Morgan fingerprint density at radius 2 is 1.88 bits per heavy atom. The molecule has 0 aliphatic heterocycles. The fourth-order valence-corrected chi connectivity index (χ4v) is 7.97. The molecule has 1 N–H and O–H groups in total. The van der Waals surface area contributed by atoms with Gasteiger partial charge in [-0.1, -0.05) is 39.3 Å². The van der Waals surface area contributed by atoms with E-state index in [1.54, 1.807) is 0 Å². The predicted molar refractivity (Wildman–Crippen MR) is 101 cm³/mol. The maximum atomic E-state index is 12.7. The van der Waals surface area contributed by atoms with Crippen molar-refractivity contribution in [3.05, 3.63) is 11.6 Å². The van der Waals surface area contributed by atoms with Gasteiger partial charge in [-0.3, -0.25) is 4.79 Å². The minimum absolute atomic E-state index is 0.128. The first-order chi connectivity index (χ1) is 11.6. The number of hydrogen-bond acceptors (Lipinski definition) is 2. The molecule has 0 aromatic rings. The van der Waals surface area contributed by atoms with E-state index in [1.807, 2.05) is 6.92 Å². The number of Topliss-reactive ketones (excluding diaryl/α,β-unsaturated/α-hetero) is 1. The van der Waals surface area contributed by atoms with Gasteiger partial charge in [-0.2, -0.15) is 0 Å². The average Bonchev–Trinajstić information content (AvgIpc) is 2.77. The maximum absolute atomic E-state index is 12.7. The largest absolute Gasteiger partial charge is 0.393 e. The van der Waals surface area contributed by atoms with E-state index >= 15 is 0 Å². The predicted octanol–water partition coefficient (Wildman–Crippen LogP) is 5.15.